The molecule has 2 atom stereocenters. The number of amides is 1. The van der Waals surface area contributed by atoms with Crippen molar-refractivity contribution in [3.8, 4) is 0 Å². The average Bonchev–Trinajstić information content (AvgIpc) is 3.10. The molecule has 2 unspecified atom stereocenters. The summed E-state index contributed by atoms with van der Waals surface area (Å²) in [4.78, 5) is 27.2. The predicted octanol–water partition coefficient (Wildman–Crippen LogP) is 2.87. The molecular weight excluding hydrogens is 393 g/mol. The van der Waals surface area contributed by atoms with E-state index in [2.05, 4.69) is 33.6 Å². The molecule has 2 bridgehead atoms. The Kier molecular flexibility index (Phi) is 4.60. The first-order valence-corrected chi connectivity index (χ1v) is 10.7. The van der Waals surface area contributed by atoms with E-state index in [4.69, 9.17) is 11.6 Å². The summed E-state index contributed by atoms with van der Waals surface area (Å²) in [6, 6.07) is 3.56. The van der Waals surface area contributed by atoms with E-state index in [1.807, 2.05) is 4.90 Å². The van der Waals surface area contributed by atoms with Crippen LogP contribution in [-0.4, -0.2) is 75.4 Å². The number of carbonyl (C=O) groups excluding carboxylic acids is 1. The lowest BCUT2D eigenvalue weighted by Crippen LogP contribution is -2.60. The first-order chi connectivity index (χ1) is 13.8. The molecule has 0 aliphatic carbocycles. The largest absolute Gasteiger partial charge is 0.341 e. The summed E-state index contributed by atoms with van der Waals surface area (Å²) in [5.41, 5.74) is 1.52. The molecule has 1 N–H and O–H groups in total. The Morgan fingerprint density at radius 3 is 2.62 bits per heavy atom. The molecule has 3 saturated heterocycles. The summed E-state index contributed by atoms with van der Waals surface area (Å²) in [5.74, 6) is 0.711. The van der Waals surface area contributed by atoms with E-state index >= 15 is 0 Å². The van der Waals surface area contributed by atoms with Gasteiger partial charge in [0.1, 0.15) is 17.2 Å². The average molecular weight is 420 g/mol. The number of carbonyl (C=O) groups is 1. The fourth-order valence-electron chi connectivity index (χ4n) is 5.26. The smallest absolute Gasteiger partial charge is 0.236 e. The van der Waals surface area contributed by atoms with Gasteiger partial charge in [-0.15, -0.1) is 0 Å². The minimum atomic E-state index is -0.361. The first kappa shape index (κ1) is 19.3. The maximum atomic E-state index is 13.6. The number of fused-ring (bicyclic) bond motifs is 3. The van der Waals surface area contributed by atoms with E-state index in [1.165, 1.54) is 12.1 Å². The molecule has 1 aromatic heterocycles. The van der Waals surface area contributed by atoms with Gasteiger partial charge in [-0.05, 0) is 30.4 Å². The van der Waals surface area contributed by atoms with Crippen LogP contribution in [0, 0.1) is 11.2 Å². The van der Waals surface area contributed by atoms with E-state index in [0.717, 1.165) is 44.8 Å². The number of aromatic amines is 1. The molecule has 0 spiro atoms. The molecule has 156 valence electrons. The van der Waals surface area contributed by atoms with Crippen LogP contribution < -0.4 is 0 Å². The monoisotopic (exact) mass is 419 g/mol. The Bertz CT molecular complexity index is 938. The Morgan fingerprint density at radius 2 is 1.97 bits per heavy atom. The van der Waals surface area contributed by atoms with Gasteiger partial charge in [-0.1, -0.05) is 25.4 Å². The number of nitrogens with zero attached hydrogens (tertiary/aromatic N) is 4. The number of rotatable bonds is 4. The van der Waals surface area contributed by atoms with Crippen molar-refractivity contribution in [1.82, 2.24) is 24.7 Å². The molecule has 2 aromatic rings. The number of H-pyrrole nitrogens is 1. The van der Waals surface area contributed by atoms with Crippen LogP contribution in [0.4, 0.5) is 4.39 Å². The SMILES string of the molecule is CC1(C)CN(C(=O)CN2C3CCC2CN(Cc2nc4c(Cl)cc(F)cc4[nH]2)C3)C1. The molecule has 1 aromatic carbocycles. The zero-order valence-electron chi connectivity index (χ0n) is 16.9. The van der Waals surface area contributed by atoms with Crippen LogP contribution in [0.2, 0.25) is 5.02 Å². The maximum Gasteiger partial charge on any atom is 0.236 e. The Hall–Kier alpha value is -1.70. The number of nitrogens with one attached hydrogen (secondary N) is 1. The van der Waals surface area contributed by atoms with Gasteiger partial charge in [0.15, 0.2) is 0 Å². The second kappa shape index (κ2) is 6.93. The number of imidazole rings is 1. The second-order valence-corrected chi connectivity index (χ2v) is 10.0. The van der Waals surface area contributed by atoms with E-state index in [1.54, 1.807) is 0 Å². The minimum absolute atomic E-state index is 0.267. The van der Waals surface area contributed by atoms with Crippen molar-refractivity contribution in [3.63, 3.8) is 0 Å². The molecular formula is C21H27ClFN5O. The normalized spacial score (nSPS) is 26.8. The molecule has 0 radical (unpaired) electrons. The molecule has 3 fully saturated rings. The molecule has 1 amide bonds. The molecule has 0 saturated carbocycles. The fraction of sp³-hybridized carbons (Fsp3) is 0.619. The van der Waals surface area contributed by atoms with Gasteiger partial charge in [0.05, 0.1) is 23.6 Å². The number of halogens is 2. The lowest BCUT2D eigenvalue weighted by molar-refractivity contribution is -0.144. The van der Waals surface area contributed by atoms with Crippen LogP contribution >= 0.6 is 11.6 Å². The van der Waals surface area contributed by atoms with Gasteiger partial charge >= 0.3 is 0 Å². The van der Waals surface area contributed by atoms with Gasteiger partial charge in [0.2, 0.25) is 5.91 Å². The lowest BCUT2D eigenvalue weighted by Gasteiger charge is -2.47. The maximum absolute atomic E-state index is 13.6. The third kappa shape index (κ3) is 3.64. The third-order valence-corrected chi connectivity index (χ3v) is 6.83. The highest BCUT2D eigenvalue weighted by Crippen LogP contribution is 2.33. The zero-order valence-corrected chi connectivity index (χ0v) is 17.7. The molecule has 4 heterocycles. The van der Waals surface area contributed by atoms with E-state index in [0.29, 0.717) is 41.2 Å². The summed E-state index contributed by atoms with van der Waals surface area (Å²) in [6.07, 6.45) is 2.27. The summed E-state index contributed by atoms with van der Waals surface area (Å²) >= 11 is 6.12. The van der Waals surface area contributed by atoms with E-state index < -0.39 is 0 Å². The zero-order chi connectivity index (χ0) is 20.3. The van der Waals surface area contributed by atoms with Crippen LogP contribution in [0.3, 0.4) is 0 Å². The third-order valence-electron chi connectivity index (χ3n) is 6.54. The molecule has 3 aliphatic rings. The molecule has 5 rings (SSSR count). The molecule has 8 heteroatoms. The minimum Gasteiger partial charge on any atom is -0.341 e. The van der Waals surface area contributed by atoms with Crippen LogP contribution in [0.1, 0.15) is 32.5 Å². The molecule has 6 nitrogen and oxygen atoms in total. The van der Waals surface area contributed by atoms with Crippen LogP contribution in [0.5, 0.6) is 0 Å². The summed E-state index contributed by atoms with van der Waals surface area (Å²) in [6.45, 7) is 9.23. The highest BCUT2D eigenvalue weighted by atomic mass is 35.5. The number of likely N-dealkylation sites (tertiary alicyclic amines) is 2. The van der Waals surface area contributed by atoms with Crippen molar-refractivity contribution in [2.75, 3.05) is 32.7 Å². The van der Waals surface area contributed by atoms with Crippen molar-refractivity contribution in [3.05, 3.63) is 28.8 Å². The van der Waals surface area contributed by atoms with Gasteiger partial charge in [0, 0.05) is 38.3 Å². The number of aromatic nitrogens is 2. The van der Waals surface area contributed by atoms with Gasteiger partial charge in [-0.2, -0.15) is 0 Å². The summed E-state index contributed by atoms with van der Waals surface area (Å²) < 4.78 is 13.6. The Morgan fingerprint density at radius 1 is 1.28 bits per heavy atom. The number of hydrogen-bond donors (Lipinski definition) is 1. The van der Waals surface area contributed by atoms with Crippen LogP contribution in [0.15, 0.2) is 12.1 Å². The van der Waals surface area contributed by atoms with E-state index in [-0.39, 0.29) is 17.1 Å². The van der Waals surface area contributed by atoms with Crippen molar-refractivity contribution in [2.45, 2.75) is 45.3 Å². The Labute approximate surface area is 175 Å². The summed E-state index contributed by atoms with van der Waals surface area (Å²) in [7, 11) is 0. The number of piperazine rings is 1. The standard InChI is InChI=1S/C21H27ClFN5O/c1-21(2)11-27(12-21)19(29)10-28-14-3-4-15(28)8-26(7-14)9-18-24-17-6-13(23)5-16(22)20(17)25-18/h5-6,14-15H,3-4,7-12H2,1-2H3,(H,24,25). The van der Waals surface area contributed by atoms with Gasteiger partial charge in [0.25, 0.3) is 0 Å². The van der Waals surface area contributed by atoms with Gasteiger partial charge in [-0.25, -0.2) is 9.37 Å². The molecule has 3 aliphatic heterocycles. The lowest BCUT2D eigenvalue weighted by atomic mass is 9.84. The van der Waals surface area contributed by atoms with Gasteiger partial charge in [-0.3, -0.25) is 14.6 Å². The predicted molar refractivity (Wildman–Crippen MR) is 110 cm³/mol. The fourth-order valence-corrected chi connectivity index (χ4v) is 5.51. The second-order valence-electron chi connectivity index (χ2n) is 9.63. The Balaban J connectivity index is 1.22. The first-order valence-electron chi connectivity index (χ1n) is 10.4. The van der Waals surface area contributed by atoms with Crippen molar-refractivity contribution in [2.24, 2.45) is 5.41 Å². The van der Waals surface area contributed by atoms with Gasteiger partial charge < -0.3 is 9.88 Å². The van der Waals surface area contributed by atoms with Crippen molar-refractivity contribution < 1.29 is 9.18 Å². The highest BCUT2D eigenvalue weighted by Gasteiger charge is 2.43. The van der Waals surface area contributed by atoms with Crippen LogP contribution in [0.25, 0.3) is 11.0 Å². The highest BCUT2D eigenvalue weighted by molar-refractivity contribution is 6.34. The van der Waals surface area contributed by atoms with Crippen LogP contribution in [-0.2, 0) is 11.3 Å². The van der Waals surface area contributed by atoms with E-state index in [9.17, 15) is 9.18 Å². The number of hydrogen-bond acceptors (Lipinski definition) is 4. The number of benzene rings is 1. The summed E-state index contributed by atoms with van der Waals surface area (Å²) in [5, 5.41) is 0.333. The molecule has 29 heavy (non-hydrogen) atoms. The van der Waals surface area contributed by atoms with Crippen molar-refractivity contribution >= 4 is 28.5 Å². The quantitative estimate of drug-likeness (QED) is 0.828. The topological polar surface area (TPSA) is 55.5 Å². The van der Waals surface area contributed by atoms with Crippen molar-refractivity contribution in [1.29, 1.82) is 0 Å².